The molecule has 32 heavy (non-hydrogen) atoms. The molecule has 1 N–H and O–H groups in total. The number of anilines is 2. The molecule has 0 radical (unpaired) electrons. The molecule has 0 aliphatic carbocycles. The van der Waals surface area contributed by atoms with Crippen LogP contribution in [0.3, 0.4) is 0 Å². The maximum atomic E-state index is 6.39. The second-order valence-electron chi connectivity index (χ2n) is 7.86. The van der Waals surface area contributed by atoms with Gasteiger partial charge in [-0.3, -0.25) is 0 Å². The van der Waals surface area contributed by atoms with Gasteiger partial charge >= 0.3 is 0 Å². The van der Waals surface area contributed by atoms with Crippen molar-refractivity contribution < 1.29 is 4.74 Å². The number of nitrogens with one attached hydrogen (secondary N) is 1. The van der Waals surface area contributed by atoms with E-state index in [9.17, 15) is 0 Å². The molecule has 0 unspecified atom stereocenters. The van der Waals surface area contributed by atoms with E-state index in [-0.39, 0.29) is 6.23 Å². The maximum absolute atomic E-state index is 6.39. The van der Waals surface area contributed by atoms with E-state index in [1.54, 1.807) is 11.8 Å². The van der Waals surface area contributed by atoms with Crippen LogP contribution >= 0.6 is 11.8 Å². The quantitative estimate of drug-likeness (QED) is 0.392. The van der Waals surface area contributed by atoms with Crippen molar-refractivity contribution in [3.8, 4) is 17.1 Å². The van der Waals surface area contributed by atoms with Crippen molar-refractivity contribution in [3.63, 3.8) is 0 Å². The van der Waals surface area contributed by atoms with Crippen molar-refractivity contribution in [2.75, 3.05) is 29.1 Å². The summed E-state index contributed by atoms with van der Waals surface area (Å²) in [5.74, 6) is 1.47. The van der Waals surface area contributed by atoms with Crippen LogP contribution in [-0.2, 0) is 0 Å². The maximum Gasteiger partial charge on any atom is 0.247 e. The molecular weight excluding hydrogens is 418 g/mol. The Labute approximate surface area is 194 Å². The highest BCUT2D eigenvalue weighted by Gasteiger charge is 2.26. The highest BCUT2D eigenvalue weighted by molar-refractivity contribution is 7.99. The molecule has 7 heteroatoms. The van der Waals surface area contributed by atoms with Gasteiger partial charge in [-0.15, -0.1) is 10.2 Å². The minimum Gasteiger partial charge on any atom is -0.448 e. The van der Waals surface area contributed by atoms with E-state index < -0.39 is 0 Å². The summed E-state index contributed by atoms with van der Waals surface area (Å²) < 4.78 is 6.39. The van der Waals surface area contributed by atoms with Gasteiger partial charge in [-0.1, -0.05) is 62.9 Å². The normalized spacial score (nSPS) is 14.5. The molecule has 0 spiro atoms. The summed E-state index contributed by atoms with van der Waals surface area (Å²) in [6.07, 6.45) is 2.96. The molecule has 1 atom stereocenters. The number of hydrogen-bond acceptors (Lipinski definition) is 7. The highest BCUT2D eigenvalue weighted by Crippen LogP contribution is 2.39. The van der Waals surface area contributed by atoms with Gasteiger partial charge in [-0.25, -0.2) is 0 Å². The second-order valence-corrected chi connectivity index (χ2v) is 8.93. The number of ether oxygens (including phenoxy) is 1. The lowest BCUT2D eigenvalue weighted by molar-refractivity contribution is 0.225. The summed E-state index contributed by atoms with van der Waals surface area (Å²) >= 11 is 1.60. The molecular formula is C25H31N5OS. The number of thioether (sulfide) groups is 1. The molecule has 0 saturated heterocycles. The molecule has 0 fully saturated rings. The van der Waals surface area contributed by atoms with Crippen LogP contribution in [0.15, 0.2) is 53.7 Å². The molecule has 1 aliphatic heterocycles. The summed E-state index contributed by atoms with van der Waals surface area (Å²) in [5, 5.41) is 13.0. The Morgan fingerprint density at radius 3 is 2.41 bits per heavy atom. The summed E-state index contributed by atoms with van der Waals surface area (Å²) in [5.41, 5.74) is 4.87. The highest BCUT2D eigenvalue weighted by atomic mass is 32.2. The number of para-hydroxylation sites is 1. The molecule has 4 rings (SSSR count). The first kappa shape index (κ1) is 22.4. The fraction of sp³-hybridized carbons (Fsp3) is 0.400. The zero-order chi connectivity index (χ0) is 22.3. The largest absolute Gasteiger partial charge is 0.448 e. The Morgan fingerprint density at radius 1 is 0.938 bits per heavy atom. The van der Waals surface area contributed by atoms with Crippen molar-refractivity contribution in [3.05, 3.63) is 54.1 Å². The van der Waals surface area contributed by atoms with Crippen LogP contribution in [0, 0.1) is 0 Å². The fourth-order valence-electron chi connectivity index (χ4n) is 3.82. The third-order valence-electron chi connectivity index (χ3n) is 5.32. The fourth-order valence-corrected chi connectivity index (χ4v) is 4.46. The summed E-state index contributed by atoms with van der Waals surface area (Å²) in [6.45, 7) is 8.71. The number of fused-ring (bicyclic) bond motifs is 3. The first-order valence-corrected chi connectivity index (χ1v) is 12.5. The number of benzene rings is 2. The van der Waals surface area contributed by atoms with Gasteiger partial charge in [0.05, 0.1) is 0 Å². The lowest BCUT2D eigenvalue weighted by atomic mass is 10.1. The van der Waals surface area contributed by atoms with E-state index in [1.165, 1.54) is 5.69 Å². The smallest absolute Gasteiger partial charge is 0.247 e. The van der Waals surface area contributed by atoms with Crippen molar-refractivity contribution in [1.82, 2.24) is 15.2 Å². The van der Waals surface area contributed by atoms with E-state index >= 15 is 0 Å². The van der Waals surface area contributed by atoms with Gasteiger partial charge in [0.2, 0.25) is 11.0 Å². The van der Waals surface area contributed by atoms with Crippen molar-refractivity contribution >= 4 is 23.1 Å². The first-order valence-electron chi connectivity index (χ1n) is 11.5. The summed E-state index contributed by atoms with van der Waals surface area (Å²) in [7, 11) is 0. The van der Waals surface area contributed by atoms with Crippen molar-refractivity contribution in [1.29, 1.82) is 0 Å². The predicted molar refractivity (Wildman–Crippen MR) is 133 cm³/mol. The van der Waals surface area contributed by atoms with Crippen LogP contribution in [-0.4, -0.2) is 34.0 Å². The first-order chi connectivity index (χ1) is 15.7. The Balaban J connectivity index is 1.66. The number of hydrogen-bond donors (Lipinski definition) is 1. The van der Waals surface area contributed by atoms with E-state index in [0.29, 0.717) is 16.7 Å². The van der Waals surface area contributed by atoms with Crippen molar-refractivity contribution in [2.45, 2.75) is 51.4 Å². The van der Waals surface area contributed by atoms with Crippen LogP contribution in [0.4, 0.5) is 11.4 Å². The van der Waals surface area contributed by atoms with Crippen LogP contribution in [0.1, 0.15) is 51.8 Å². The number of aromatic nitrogens is 3. The van der Waals surface area contributed by atoms with Gasteiger partial charge in [-0.2, -0.15) is 4.98 Å². The third kappa shape index (κ3) is 4.99. The third-order valence-corrected chi connectivity index (χ3v) is 6.36. The zero-order valence-electron chi connectivity index (χ0n) is 19.0. The van der Waals surface area contributed by atoms with E-state index in [0.717, 1.165) is 54.9 Å². The van der Waals surface area contributed by atoms with Gasteiger partial charge in [0.1, 0.15) is 0 Å². The Kier molecular flexibility index (Phi) is 7.47. The van der Waals surface area contributed by atoms with Crippen LogP contribution in [0.2, 0.25) is 0 Å². The van der Waals surface area contributed by atoms with Gasteiger partial charge in [0.25, 0.3) is 0 Å². The van der Waals surface area contributed by atoms with Gasteiger partial charge in [0.15, 0.2) is 11.9 Å². The molecule has 2 aromatic carbocycles. The van der Waals surface area contributed by atoms with Gasteiger partial charge < -0.3 is 15.0 Å². The molecule has 2 heterocycles. The van der Waals surface area contributed by atoms with E-state index in [1.807, 2.05) is 24.3 Å². The topological polar surface area (TPSA) is 63.2 Å². The molecule has 6 nitrogen and oxygen atoms in total. The molecule has 0 amide bonds. The molecule has 1 aliphatic rings. The molecule has 3 aromatic rings. The molecule has 1 aromatic heterocycles. The lowest BCUT2D eigenvalue weighted by Gasteiger charge is -2.25. The zero-order valence-corrected chi connectivity index (χ0v) is 19.9. The van der Waals surface area contributed by atoms with Gasteiger partial charge in [-0.05, 0) is 37.5 Å². The SMILES string of the molecule is CCCSc1nnc2c(n1)O[C@@H](c1ccc(N(CCC)CCC)cc1)Nc1ccccc1-2. The standard InChI is InChI=1S/C25H31N5OS/c1-4-15-30(16-5-2)19-13-11-18(12-14-19)23-26-21-10-8-7-9-20(21)22-24(31-23)27-25(29-28-22)32-17-6-3/h7-14,23,26H,4-6,15-17H2,1-3H3/t23-/m0/s1. The summed E-state index contributed by atoms with van der Waals surface area (Å²) in [6, 6.07) is 16.7. The van der Waals surface area contributed by atoms with Crippen LogP contribution in [0.25, 0.3) is 11.3 Å². The average Bonchev–Trinajstić information content (AvgIpc) is 2.99. The van der Waals surface area contributed by atoms with Crippen LogP contribution in [0.5, 0.6) is 5.88 Å². The van der Waals surface area contributed by atoms with Gasteiger partial charge in [0, 0.05) is 41.3 Å². The van der Waals surface area contributed by atoms with Crippen molar-refractivity contribution in [2.24, 2.45) is 0 Å². The second kappa shape index (κ2) is 10.7. The minimum absolute atomic E-state index is 0.363. The van der Waals surface area contributed by atoms with E-state index in [2.05, 4.69) is 65.5 Å². The Morgan fingerprint density at radius 2 is 1.69 bits per heavy atom. The van der Waals surface area contributed by atoms with E-state index in [4.69, 9.17) is 9.72 Å². The lowest BCUT2D eigenvalue weighted by Crippen LogP contribution is -2.25. The summed E-state index contributed by atoms with van der Waals surface area (Å²) in [4.78, 5) is 7.13. The molecule has 168 valence electrons. The monoisotopic (exact) mass is 449 g/mol. The number of nitrogens with zero attached hydrogens (tertiary/aromatic N) is 4. The predicted octanol–water partition coefficient (Wildman–Crippen LogP) is 6.17. The molecule has 0 bridgehead atoms. The van der Waals surface area contributed by atoms with Crippen LogP contribution < -0.4 is 15.0 Å². The Bertz CT molecular complexity index is 1020. The Hall–Kier alpha value is -2.80. The molecule has 0 saturated carbocycles. The average molecular weight is 450 g/mol. The number of rotatable bonds is 9. The minimum atomic E-state index is -0.363.